The van der Waals surface area contributed by atoms with Crippen LogP contribution in [0.1, 0.15) is 56.1 Å². The van der Waals surface area contributed by atoms with Crippen molar-refractivity contribution < 1.29 is 14.9 Å². The normalized spacial score (nSPS) is 22.2. The molecule has 2 aliphatic rings. The lowest BCUT2D eigenvalue weighted by Gasteiger charge is -2.32. The molecular weight excluding hydrogens is 264 g/mol. The molecule has 3 heteroatoms. The third-order valence-corrected chi connectivity index (χ3v) is 5.05. The second-order valence-electron chi connectivity index (χ2n) is 6.61. The average Bonchev–Trinajstić information content (AvgIpc) is 2.84. The molecule has 1 heterocycles. The molecule has 3 rings (SSSR count). The van der Waals surface area contributed by atoms with Crippen LogP contribution in [0.15, 0.2) is 18.2 Å². The van der Waals surface area contributed by atoms with Crippen molar-refractivity contribution in [2.24, 2.45) is 0 Å². The number of aliphatic hydroxyl groups is 2. The topological polar surface area (TPSA) is 49.7 Å². The summed E-state index contributed by atoms with van der Waals surface area (Å²) in [4.78, 5) is 0. The van der Waals surface area contributed by atoms with Crippen LogP contribution in [0.2, 0.25) is 0 Å². The van der Waals surface area contributed by atoms with Crippen LogP contribution in [0, 0.1) is 0 Å². The van der Waals surface area contributed by atoms with E-state index < -0.39 is 11.7 Å². The number of fused-ring (bicyclic) bond motifs is 1. The molecule has 0 spiro atoms. The Kier molecular flexibility index (Phi) is 4.51. The third kappa shape index (κ3) is 3.41. The predicted octanol–water partition coefficient (Wildman–Crippen LogP) is 3.00. The number of aryl methyl sites for hydroxylation is 1. The van der Waals surface area contributed by atoms with E-state index in [-0.39, 0.29) is 0 Å². The average molecular weight is 290 g/mol. The summed E-state index contributed by atoms with van der Waals surface area (Å²) >= 11 is 0. The number of benzene rings is 1. The van der Waals surface area contributed by atoms with Gasteiger partial charge in [-0.05, 0) is 42.9 Å². The maximum atomic E-state index is 10.7. The van der Waals surface area contributed by atoms with Crippen LogP contribution in [0.4, 0.5) is 0 Å². The molecule has 21 heavy (non-hydrogen) atoms. The molecular formula is C18H26O3. The number of hydrogen-bond donors (Lipinski definition) is 2. The maximum Gasteiger partial charge on any atom is 0.122 e. The van der Waals surface area contributed by atoms with E-state index in [0.717, 1.165) is 50.9 Å². The van der Waals surface area contributed by atoms with Crippen LogP contribution in [-0.2, 0) is 12.8 Å². The highest BCUT2D eigenvalue weighted by Crippen LogP contribution is 2.32. The molecule has 0 amide bonds. The molecule has 0 bridgehead atoms. The Morgan fingerprint density at radius 1 is 1.14 bits per heavy atom. The Balaban J connectivity index is 1.58. The first kappa shape index (κ1) is 14.9. The quantitative estimate of drug-likeness (QED) is 0.838. The summed E-state index contributed by atoms with van der Waals surface area (Å²) in [5.74, 6) is 1.00. The van der Waals surface area contributed by atoms with Crippen LogP contribution in [0.5, 0.6) is 5.75 Å². The van der Waals surface area contributed by atoms with Crippen LogP contribution in [0.3, 0.4) is 0 Å². The van der Waals surface area contributed by atoms with Crippen molar-refractivity contribution in [3.63, 3.8) is 0 Å². The van der Waals surface area contributed by atoms with Crippen LogP contribution in [0.25, 0.3) is 0 Å². The van der Waals surface area contributed by atoms with Gasteiger partial charge in [0, 0.05) is 6.42 Å². The molecule has 1 unspecified atom stereocenters. The van der Waals surface area contributed by atoms with Crippen LogP contribution in [-0.4, -0.2) is 28.5 Å². The van der Waals surface area contributed by atoms with E-state index in [1.165, 1.54) is 24.0 Å². The van der Waals surface area contributed by atoms with Crippen molar-refractivity contribution in [2.45, 2.75) is 69.5 Å². The minimum Gasteiger partial charge on any atom is -0.493 e. The fraction of sp³-hybridized carbons (Fsp3) is 0.667. The van der Waals surface area contributed by atoms with E-state index in [1.807, 2.05) is 6.07 Å². The van der Waals surface area contributed by atoms with Gasteiger partial charge in [0.05, 0.1) is 18.3 Å². The highest BCUT2D eigenvalue weighted by Gasteiger charge is 2.35. The van der Waals surface area contributed by atoms with Crippen molar-refractivity contribution in [2.75, 3.05) is 6.61 Å². The largest absolute Gasteiger partial charge is 0.493 e. The van der Waals surface area contributed by atoms with Crippen molar-refractivity contribution in [3.05, 3.63) is 29.3 Å². The van der Waals surface area contributed by atoms with Gasteiger partial charge in [-0.1, -0.05) is 37.8 Å². The van der Waals surface area contributed by atoms with Crippen LogP contribution < -0.4 is 4.74 Å². The number of aliphatic hydroxyl groups excluding tert-OH is 1. The zero-order chi connectivity index (χ0) is 14.7. The maximum absolute atomic E-state index is 10.7. The minimum absolute atomic E-state index is 0.611. The van der Waals surface area contributed by atoms with Crippen LogP contribution >= 0.6 is 0 Å². The van der Waals surface area contributed by atoms with E-state index >= 15 is 0 Å². The monoisotopic (exact) mass is 290 g/mol. The molecule has 1 aliphatic heterocycles. The first-order valence-electron chi connectivity index (χ1n) is 8.32. The smallest absolute Gasteiger partial charge is 0.122 e. The summed E-state index contributed by atoms with van der Waals surface area (Å²) in [6, 6.07) is 6.30. The van der Waals surface area contributed by atoms with Gasteiger partial charge in [0.1, 0.15) is 5.75 Å². The first-order chi connectivity index (χ1) is 10.2. The lowest BCUT2D eigenvalue weighted by molar-refractivity contribution is -0.0870. The standard InChI is InChI=1S/C18H26O3/c19-17(18(20)10-3-1-2-4-11-18)8-6-14-5-7-16-15(13-14)9-12-21-16/h5,7,13,17,19-20H,1-4,6,8-12H2. The van der Waals surface area contributed by atoms with E-state index in [0.29, 0.717) is 6.42 Å². The summed E-state index contributed by atoms with van der Waals surface area (Å²) in [7, 11) is 0. The molecule has 1 atom stereocenters. The molecule has 1 aliphatic carbocycles. The van der Waals surface area contributed by atoms with Gasteiger partial charge in [0.25, 0.3) is 0 Å². The van der Waals surface area contributed by atoms with Gasteiger partial charge in [-0.25, -0.2) is 0 Å². The summed E-state index contributed by atoms with van der Waals surface area (Å²) in [6.07, 6.45) is 7.73. The molecule has 2 N–H and O–H groups in total. The van der Waals surface area contributed by atoms with Gasteiger partial charge in [-0.2, -0.15) is 0 Å². The lowest BCUT2D eigenvalue weighted by Crippen LogP contribution is -2.42. The number of ether oxygens (including phenoxy) is 1. The zero-order valence-corrected chi connectivity index (χ0v) is 12.7. The highest BCUT2D eigenvalue weighted by molar-refractivity contribution is 5.39. The van der Waals surface area contributed by atoms with Gasteiger partial charge in [-0.15, -0.1) is 0 Å². The molecule has 1 fully saturated rings. The molecule has 0 radical (unpaired) electrons. The van der Waals surface area contributed by atoms with Crippen molar-refractivity contribution >= 4 is 0 Å². The Morgan fingerprint density at radius 3 is 2.67 bits per heavy atom. The number of hydrogen-bond acceptors (Lipinski definition) is 3. The van der Waals surface area contributed by atoms with Gasteiger partial charge in [0.2, 0.25) is 0 Å². The van der Waals surface area contributed by atoms with E-state index in [1.54, 1.807) is 0 Å². The second kappa shape index (κ2) is 6.37. The van der Waals surface area contributed by atoms with Crippen molar-refractivity contribution in [1.29, 1.82) is 0 Å². The van der Waals surface area contributed by atoms with E-state index in [2.05, 4.69) is 12.1 Å². The summed E-state index contributed by atoms with van der Waals surface area (Å²) in [6.45, 7) is 0.779. The summed E-state index contributed by atoms with van der Waals surface area (Å²) in [5.41, 5.74) is 1.64. The van der Waals surface area contributed by atoms with Gasteiger partial charge >= 0.3 is 0 Å². The van der Waals surface area contributed by atoms with Gasteiger partial charge in [-0.3, -0.25) is 0 Å². The Labute approximate surface area is 127 Å². The summed E-state index contributed by atoms with van der Waals surface area (Å²) < 4.78 is 5.51. The molecule has 1 aromatic carbocycles. The number of rotatable bonds is 4. The Morgan fingerprint density at radius 2 is 1.90 bits per heavy atom. The molecule has 0 aromatic heterocycles. The minimum atomic E-state index is -0.865. The van der Waals surface area contributed by atoms with E-state index in [4.69, 9.17) is 4.74 Å². The van der Waals surface area contributed by atoms with Crippen molar-refractivity contribution in [1.82, 2.24) is 0 Å². The highest BCUT2D eigenvalue weighted by atomic mass is 16.5. The fourth-order valence-corrected chi connectivity index (χ4v) is 3.64. The molecule has 3 nitrogen and oxygen atoms in total. The molecule has 116 valence electrons. The van der Waals surface area contributed by atoms with Gasteiger partial charge < -0.3 is 14.9 Å². The third-order valence-electron chi connectivity index (χ3n) is 5.05. The van der Waals surface area contributed by atoms with Gasteiger partial charge in [0.15, 0.2) is 0 Å². The molecule has 1 aromatic rings. The lowest BCUT2D eigenvalue weighted by atomic mass is 9.85. The van der Waals surface area contributed by atoms with E-state index in [9.17, 15) is 10.2 Å². The fourth-order valence-electron chi connectivity index (χ4n) is 3.64. The second-order valence-corrected chi connectivity index (χ2v) is 6.61. The SMILES string of the molecule is OC(CCc1ccc2c(c1)CCO2)C1(O)CCCCCC1. The Bertz CT molecular complexity index is 475. The summed E-state index contributed by atoms with van der Waals surface area (Å²) in [5, 5.41) is 21.1. The molecule has 1 saturated carbocycles. The zero-order valence-electron chi connectivity index (χ0n) is 12.7. The first-order valence-corrected chi connectivity index (χ1v) is 8.32. The Hall–Kier alpha value is -1.06. The predicted molar refractivity (Wildman–Crippen MR) is 82.6 cm³/mol. The van der Waals surface area contributed by atoms with Crippen molar-refractivity contribution in [3.8, 4) is 5.75 Å². The molecule has 0 saturated heterocycles.